The number of ketones is 1. The lowest BCUT2D eigenvalue weighted by atomic mass is 9.69. The lowest BCUT2D eigenvalue weighted by Gasteiger charge is -2.40. The highest BCUT2D eigenvalue weighted by molar-refractivity contribution is 6.12. The Morgan fingerprint density at radius 3 is 1.80 bits per heavy atom. The summed E-state index contributed by atoms with van der Waals surface area (Å²) in [5, 5.41) is 3.70. The topological polar surface area (TPSA) is 29.1 Å². The summed E-state index contributed by atoms with van der Waals surface area (Å²) in [5.74, 6) is 0.136. The summed E-state index contributed by atoms with van der Waals surface area (Å²) < 4.78 is 0. The van der Waals surface area contributed by atoms with Gasteiger partial charge in [0.15, 0.2) is 5.78 Å². The van der Waals surface area contributed by atoms with Crippen molar-refractivity contribution in [3.05, 3.63) is 131 Å². The highest BCUT2D eigenvalue weighted by Crippen LogP contribution is 2.43. The van der Waals surface area contributed by atoms with E-state index >= 15 is 0 Å². The van der Waals surface area contributed by atoms with Crippen LogP contribution in [-0.4, -0.2) is 5.78 Å². The average Bonchev–Trinajstić information content (AvgIpc) is 2.82. The number of fused-ring (bicyclic) bond motifs is 3. The zero-order chi connectivity index (χ0) is 20.4. The van der Waals surface area contributed by atoms with Crippen LogP contribution in [0.4, 0.5) is 0 Å². The molecule has 0 fully saturated rings. The summed E-state index contributed by atoms with van der Waals surface area (Å²) >= 11 is 0. The van der Waals surface area contributed by atoms with Crippen molar-refractivity contribution in [1.82, 2.24) is 5.32 Å². The SMILES string of the molecule is O=C1c2ccccc2-c2ccccc2C1(Cc1ccccc1)NCc1ccccc1. The van der Waals surface area contributed by atoms with Crippen molar-refractivity contribution in [2.75, 3.05) is 0 Å². The third-order valence-electron chi connectivity index (χ3n) is 5.99. The van der Waals surface area contributed by atoms with Gasteiger partial charge in [-0.3, -0.25) is 10.1 Å². The van der Waals surface area contributed by atoms with Crippen molar-refractivity contribution in [3.63, 3.8) is 0 Å². The molecule has 146 valence electrons. The molecule has 1 aliphatic rings. The molecule has 0 amide bonds. The molecule has 1 unspecified atom stereocenters. The Kier molecular flexibility index (Phi) is 4.78. The maximum atomic E-state index is 14.1. The Morgan fingerprint density at radius 1 is 0.567 bits per heavy atom. The van der Waals surface area contributed by atoms with Gasteiger partial charge in [-0.2, -0.15) is 0 Å². The third-order valence-corrected chi connectivity index (χ3v) is 5.99. The van der Waals surface area contributed by atoms with Gasteiger partial charge in [-0.15, -0.1) is 0 Å². The second-order valence-corrected chi connectivity index (χ2v) is 7.83. The second-order valence-electron chi connectivity index (χ2n) is 7.83. The molecular weight excluding hydrogens is 366 g/mol. The molecule has 30 heavy (non-hydrogen) atoms. The first kappa shape index (κ1) is 18.5. The van der Waals surface area contributed by atoms with Crippen molar-refractivity contribution in [2.24, 2.45) is 0 Å². The van der Waals surface area contributed by atoms with Crippen LogP contribution in [0, 0.1) is 0 Å². The summed E-state index contributed by atoms with van der Waals surface area (Å²) in [7, 11) is 0. The van der Waals surface area contributed by atoms with Gasteiger partial charge in [0.05, 0.1) is 0 Å². The zero-order valence-electron chi connectivity index (χ0n) is 16.7. The molecule has 0 heterocycles. The van der Waals surface area contributed by atoms with Crippen LogP contribution >= 0.6 is 0 Å². The van der Waals surface area contributed by atoms with Crippen molar-refractivity contribution in [3.8, 4) is 11.1 Å². The maximum absolute atomic E-state index is 14.1. The molecule has 0 spiro atoms. The fourth-order valence-electron chi connectivity index (χ4n) is 4.52. The van der Waals surface area contributed by atoms with Gasteiger partial charge in [0.2, 0.25) is 0 Å². The van der Waals surface area contributed by atoms with Crippen molar-refractivity contribution < 1.29 is 4.79 Å². The standard InChI is InChI=1S/C28H23NO/c30-27-25-17-8-7-15-23(25)24-16-9-10-18-26(24)28(27,19-21-11-3-1-4-12-21)29-20-22-13-5-2-6-14-22/h1-18,29H,19-20H2. The highest BCUT2D eigenvalue weighted by atomic mass is 16.1. The van der Waals surface area contributed by atoms with E-state index in [0.29, 0.717) is 13.0 Å². The number of carbonyl (C=O) groups excluding carboxylic acids is 1. The fourth-order valence-corrected chi connectivity index (χ4v) is 4.52. The van der Waals surface area contributed by atoms with Gasteiger partial charge in [-0.05, 0) is 27.8 Å². The maximum Gasteiger partial charge on any atom is 0.188 e. The Morgan fingerprint density at radius 2 is 1.10 bits per heavy atom. The third kappa shape index (κ3) is 3.16. The first-order valence-corrected chi connectivity index (χ1v) is 10.3. The van der Waals surface area contributed by atoms with E-state index < -0.39 is 5.54 Å². The lowest BCUT2D eigenvalue weighted by Crippen LogP contribution is -2.52. The van der Waals surface area contributed by atoms with Gasteiger partial charge in [0.1, 0.15) is 5.54 Å². The van der Waals surface area contributed by atoms with Crippen molar-refractivity contribution in [2.45, 2.75) is 18.5 Å². The van der Waals surface area contributed by atoms with Gasteiger partial charge in [0.25, 0.3) is 0 Å². The number of hydrogen-bond donors (Lipinski definition) is 1. The van der Waals surface area contributed by atoms with Crippen molar-refractivity contribution >= 4 is 5.78 Å². The van der Waals surface area contributed by atoms with Crippen LogP contribution in [-0.2, 0) is 18.5 Å². The summed E-state index contributed by atoms with van der Waals surface area (Å²) in [6.45, 7) is 0.621. The minimum atomic E-state index is -0.817. The molecule has 1 aliphatic carbocycles. The number of Topliss-reactive ketones (excluding diaryl/α,β-unsaturated/α-hetero) is 1. The van der Waals surface area contributed by atoms with E-state index in [-0.39, 0.29) is 5.78 Å². The molecule has 0 bridgehead atoms. The number of carbonyl (C=O) groups is 1. The molecule has 1 N–H and O–H groups in total. The molecule has 4 aromatic carbocycles. The molecule has 4 aromatic rings. The van der Waals surface area contributed by atoms with E-state index in [1.807, 2.05) is 60.7 Å². The molecule has 0 saturated heterocycles. The fraction of sp³-hybridized carbons (Fsp3) is 0.107. The summed E-state index contributed by atoms with van der Waals surface area (Å²) in [5.41, 5.74) is 5.46. The first-order chi connectivity index (χ1) is 14.8. The first-order valence-electron chi connectivity index (χ1n) is 10.3. The van der Waals surface area contributed by atoms with Crippen LogP contribution in [0.3, 0.4) is 0 Å². The molecular formula is C28H23NO. The Bertz CT molecular complexity index is 1180. The molecule has 1 atom stereocenters. The quantitative estimate of drug-likeness (QED) is 0.469. The molecule has 0 radical (unpaired) electrons. The monoisotopic (exact) mass is 389 g/mol. The van der Waals surface area contributed by atoms with Crippen LogP contribution in [0.25, 0.3) is 11.1 Å². The van der Waals surface area contributed by atoms with Gasteiger partial charge < -0.3 is 0 Å². The molecule has 2 nitrogen and oxygen atoms in total. The molecule has 2 heteroatoms. The Labute approximate surface area is 177 Å². The molecule has 0 aromatic heterocycles. The van der Waals surface area contributed by atoms with Gasteiger partial charge in [-0.1, -0.05) is 109 Å². The minimum absolute atomic E-state index is 0.136. The normalized spacial score (nSPS) is 17.3. The number of benzene rings is 4. The second kappa shape index (κ2) is 7.74. The minimum Gasteiger partial charge on any atom is -0.297 e. The average molecular weight is 389 g/mol. The van der Waals surface area contributed by atoms with E-state index in [1.54, 1.807) is 0 Å². The largest absolute Gasteiger partial charge is 0.297 e. The van der Waals surface area contributed by atoms with Crippen LogP contribution in [0.5, 0.6) is 0 Å². The number of hydrogen-bond acceptors (Lipinski definition) is 2. The van der Waals surface area contributed by atoms with Gasteiger partial charge in [-0.25, -0.2) is 0 Å². The molecule has 0 saturated carbocycles. The smallest absolute Gasteiger partial charge is 0.188 e. The van der Waals surface area contributed by atoms with Gasteiger partial charge >= 0.3 is 0 Å². The highest BCUT2D eigenvalue weighted by Gasteiger charge is 2.45. The predicted octanol–water partition coefficient (Wildman–Crippen LogP) is 5.78. The van der Waals surface area contributed by atoms with E-state index in [2.05, 4.69) is 53.8 Å². The summed E-state index contributed by atoms with van der Waals surface area (Å²) in [6.07, 6.45) is 0.602. The Balaban J connectivity index is 1.68. The number of nitrogens with one attached hydrogen (secondary N) is 1. The number of rotatable bonds is 5. The molecule has 0 aliphatic heterocycles. The van der Waals surface area contributed by atoms with E-state index in [1.165, 1.54) is 0 Å². The van der Waals surface area contributed by atoms with Gasteiger partial charge in [0, 0.05) is 18.5 Å². The van der Waals surface area contributed by atoms with Crippen molar-refractivity contribution in [1.29, 1.82) is 0 Å². The summed E-state index contributed by atoms with van der Waals surface area (Å²) in [6, 6.07) is 36.8. The zero-order valence-corrected chi connectivity index (χ0v) is 16.7. The Hall–Kier alpha value is -3.49. The van der Waals surface area contributed by atoms with Crippen LogP contribution in [0.1, 0.15) is 27.0 Å². The van der Waals surface area contributed by atoms with E-state index in [9.17, 15) is 4.79 Å². The van der Waals surface area contributed by atoms with E-state index in [0.717, 1.165) is 33.4 Å². The van der Waals surface area contributed by atoms with Crippen LogP contribution in [0.2, 0.25) is 0 Å². The van der Waals surface area contributed by atoms with Crippen LogP contribution in [0.15, 0.2) is 109 Å². The summed E-state index contributed by atoms with van der Waals surface area (Å²) in [4.78, 5) is 14.1. The van der Waals surface area contributed by atoms with E-state index in [4.69, 9.17) is 0 Å². The molecule has 5 rings (SSSR count). The lowest BCUT2D eigenvalue weighted by molar-refractivity contribution is 0.0839. The van der Waals surface area contributed by atoms with Crippen LogP contribution < -0.4 is 5.32 Å². The predicted molar refractivity (Wildman–Crippen MR) is 121 cm³/mol.